The molecule has 20 heavy (non-hydrogen) atoms. The summed E-state index contributed by atoms with van der Waals surface area (Å²) in [6.45, 7) is 7.08. The molecule has 1 saturated heterocycles. The lowest BCUT2D eigenvalue weighted by Gasteiger charge is -2.40. The van der Waals surface area contributed by atoms with Gasteiger partial charge >= 0.3 is 0 Å². The van der Waals surface area contributed by atoms with Crippen molar-refractivity contribution in [3.63, 3.8) is 0 Å². The van der Waals surface area contributed by atoms with Crippen molar-refractivity contribution in [2.75, 3.05) is 24.5 Å². The van der Waals surface area contributed by atoms with Crippen molar-refractivity contribution in [2.45, 2.75) is 36.3 Å². The molecular weight excluding hydrogens is 268 g/mol. The van der Waals surface area contributed by atoms with Crippen LogP contribution in [-0.2, 0) is 4.79 Å². The molecule has 1 aromatic rings. The molecular formula is C16H22N2OS. The lowest BCUT2D eigenvalue weighted by molar-refractivity contribution is -0.120. The number of benzene rings is 1. The molecule has 1 amide bonds. The third kappa shape index (κ3) is 2.59. The van der Waals surface area contributed by atoms with Gasteiger partial charge < -0.3 is 10.2 Å². The van der Waals surface area contributed by atoms with Gasteiger partial charge in [-0.2, -0.15) is 0 Å². The molecule has 3 nitrogen and oxygen atoms in total. The smallest absolute Gasteiger partial charge is 0.243 e. The topological polar surface area (TPSA) is 32.3 Å². The fraction of sp³-hybridized carbons (Fsp3) is 0.562. The van der Waals surface area contributed by atoms with Gasteiger partial charge in [0.2, 0.25) is 5.91 Å². The number of rotatable bonds is 2. The van der Waals surface area contributed by atoms with Gasteiger partial charge in [0.1, 0.15) is 0 Å². The monoisotopic (exact) mass is 290 g/mol. The number of carbonyl (C=O) groups is 1. The second kappa shape index (κ2) is 5.41. The number of nitrogens with one attached hydrogen (secondary N) is 1. The molecule has 0 spiro atoms. The first-order valence-electron chi connectivity index (χ1n) is 7.39. The Balaban J connectivity index is 1.88. The maximum atomic E-state index is 12.8. The number of hydrogen-bond acceptors (Lipinski definition) is 3. The summed E-state index contributed by atoms with van der Waals surface area (Å²) < 4.78 is -0.360. The van der Waals surface area contributed by atoms with Crippen molar-refractivity contribution < 1.29 is 4.79 Å². The van der Waals surface area contributed by atoms with Crippen molar-refractivity contribution in [2.24, 2.45) is 5.92 Å². The second-order valence-electron chi connectivity index (χ2n) is 6.19. The van der Waals surface area contributed by atoms with Crippen LogP contribution in [0.3, 0.4) is 0 Å². The number of amides is 1. The quantitative estimate of drug-likeness (QED) is 0.909. The number of anilines is 1. The summed E-state index contributed by atoms with van der Waals surface area (Å²) in [7, 11) is 0. The lowest BCUT2D eigenvalue weighted by Crippen LogP contribution is -2.49. The van der Waals surface area contributed by atoms with E-state index in [1.807, 2.05) is 24.8 Å². The highest BCUT2D eigenvalue weighted by atomic mass is 32.2. The molecule has 1 N–H and O–H groups in total. The maximum Gasteiger partial charge on any atom is 0.243 e. The Kier molecular flexibility index (Phi) is 3.78. The fourth-order valence-electron chi connectivity index (χ4n) is 3.02. The minimum absolute atomic E-state index is 0.250. The maximum absolute atomic E-state index is 12.8. The van der Waals surface area contributed by atoms with Crippen molar-refractivity contribution >= 4 is 23.4 Å². The molecule has 2 aliphatic heterocycles. The standard InChI is InChI=1S/C16H22N2OS/c1-16(2)15(19)18(11-12-7-9-17-10-8-12)13-5-3-4-6-14(13)20-16/h3-6,12,17H,7-11H2,1-2H3. The Morgan fingerprint density at radius 1 is 1.30 bits per heavy atom. The van der Waals surface area contributed by atoms with E-state index < -0.39 is 0 Å². The van der Waals surface area contributed by atoms with Crippen LogP contribution in [-0.4, -0.2) is 30.3 Å². The van der Waals surface area contributed by atoms with E-state index in [2.05, 4.69) is 23.5 Å². The zero-order valence-corrected chi connectivity index (χ0v) is 13.0. The molecule has 0 radical (unpaired) electrons. The molecule has 1 aromatic carbocycles. The van der Waals surface area contributed by atoms with Crippen LogP contribution in [0.2, 0.25) is 0 Å². The zero-order valence-electron chi connectivity index (χ0n) is 12.2. The molecule has 2 heterocycles. The summed E-state index contributed by atoms with van der Waals surface area (Å²) in [5.41, 5.74) is 1.10. The first-order chi connectivity index (χ1) is 9.58. The molecule has 108 valence electrons. The first-order valence-corrected chi connectivity index (χ1v) is 8.20. The van der Waals surface area contributed by atoms with Gasteiger partial charge in [0.25, 0.3) is 0 Å². The minimum Gasteiger partial charge on any atom is -0.317 e. The Hall–Kier alpha value is -1.00. The number of carbonyl (C=O) groups excluding carboxylic acids is 1. The molecule has 0 aliphatic carbocycles. The highest BCUT2D eigenvalue weighted by molar-refractivity contribution is 8.01. The summed E-state index contributed by atoms with van der Waals surface area (Å²) >= 11 is 1.68. The number of hydrogen-bond donors (Lipinski definition) is 1. The Labute approximate surface area is 125 Å². The molecule has 0 unspecified atom stereocenters. The van der Waals surface area contributed by atoms with E-state index in [0.29, 0.717) is 5.92 Å². The Bertz CT molecular complexity index is 509. The van der Waals surface area contributed by atoms with E-state index in [4.69, 9.17) is 0 Å². The van der Waals surface area contributed by atoms with Crippen molar-refractivity contribution in [3.05, 3.63) is 24.3 Å². The number of fused-ring (bicyclic) bond motifs is 1. The van der Waals surface area contributed by atoms with E-state index in [0.717, 1.165) is 25.3 Å². The van der Waals surface area contributed by atoms with Crippen LogP contribution in [0.4, 0.5) is 5.69 Å². The number of nitrogens with zero attached hydrogens (tertiary/aromatic N) is 1. The van der Waals surface area contributed by atoms with Crippen LogP contribution in [0, 0.1) is 5.92 Å². The van der Waals surface area contributed by atoms with E-state index in [-0.39, 0.29) is 10.7 Å². The van der Waals surface area contributed by atoms with Crippen LogP contribution >= 0.6 is 11.8 Å². The molecule has 0 aromatic heterocycles. The normalized spacial score (nSPS) is 22.7. The summed E-state index contributed by atoms with van der Waals surface area (Å²) in [6.07, 6.45) is 2.33. The van der Waals surface area contributed by atoms with E-state index in [1.54, 1.807) is 11.8 Å². The van der Waals surface area contributed by atoms with Crippen molar-refractivity contribution in [1.29, 1.82) is 0 Å². The van der Waals surface area contributed by atoms with Crippen LogP contribution in [0.15, 0.2) is 29.2 Å². The molecule has 0 atom stereocenters. The highest BCUT2D eigenvalue weighted by Crippen LogP contribution is 2.45. The third-order valence-corrected chi connectivity index (χ3v) is 5.43. The fourth-order valence-corrected chi connectivity index (χ4v) is 4.20. The van der Waals surface area contributed by atoms with Gasteiger partial charge in [0, 0.05) is 11.4 Å². The molecule has 0 bridgehead atoms. The number of piperidine rings is 1. The predicted molar refractivity (Wildman–Crippen MR) is 84.3 cm³/mol. The Morgan fingerprint density at radius 2 is 2.00 bits per heavy atom. The van der Waals surface area contributed by atoms with E-state index >= 15 is 0 Å². The molecule has 2 aliphatic rings. The lowest BCUT2D eigenvalue weighted by atomic mass is 9.96. The predicted octanol–water partition coefficient (Wildman–Crippen LogP) is 2.90. The molecule has 1 fully saturated rings. The van der Waals surface area contributed by atoms with Crippen LogP contribution in [0.1, 0.15) is 26.7 Å². The first kappa shape index (κ1) is 14.0. The minimum atomic E-state index is -0.360. The summed E-state index contributed by atoms with van der Waals surface area (Å²) in [6, 6.07) is 8.29. The van der Waals surface area contributed by atoms with Gasteiger partial charge in [-0.25, -0.2) is 0 Å². The summed E-state index contributed by atoms with van der Waals surface area (Å²) in [4.78, 5) is 16.0. The third-order valence-electron chi connectivity index (χ3n) is 4.18. The summed E-state index contributed by atoms with van der Waals surface area (Å²) in [5, 5.41) is 3.39. The second-order valence-corrected chi connectivity index (χ2v) is 7.85. The van der Waals surface area contributed by atoms with Gasteiger partial charge in [-0.1, -0.05) is 12.1 Å². The van der Waals surface area contributed by atoms with Crippen LogP contribution < -0.4 is 10.2 Å². The van der Waals surface area contributed by atoms with Gasteiger partial charge in [0.05, 0.1) is 10.4 Å². The molecule has 4 heteroatoms. The number of thioether (sulfide) groups is 1. The van der Waals surface area contributed by atoms with Crippen molar-refractivity contribution in [1.82, 2.24) is 5.32 Å². The largest absolute Gasteiger partial charge is 0.317 e. The van der Waals surface area contributed by atoms with Crippen molar-refractivity contribution in [3.8, 4) is 0 Å². The van der Waals surface area contributed by atoms with Gasteiger partial charge in [-0.05, 0) is 57.8 Å². The van der Waals surface area contributed by atoms with Crippen LogP contribution in [0.25, 0.3) is 0 Å². The van der Waals surface area contributed by atoms with Gasteiger partial charge in [-0.3, -0.25) is 4.79 Å². The zero-order chi connectivity index (χ0) is 14.2. The van der Waals surface area contributed by atoms with Gasteiger partial charge in [0.15, 0.2) is 0 Å². The summed E-state index contributed by atoms with van der Waals surface area (Å²) in [5.74, 6) is 0.867. The Morgan fingerprint density at radius 3 is 2.75 bits per heavy atom. The highest BCUT2D eigenvalue weighted by Gasteiger charge is 2.40. The van der Waals surface area contributed by atoms with E-state index in [1.165, 1.54) is 17.7 Å². The average Bonchev–Trinajstić information content (AvgIpc) is 2.44. The van der Waals surface area contributed by atoms with Crippen LogP contribution in [0.5, 0.6) is 0 Å². The van der Waals surface area contributed by atoms with Gasteiger partial charge in [-0.15, -0.1) is 11.8 Å². The molecule has 0 saturated carbocycles. The van der Waals surface area contributed by atoms with E-state index in [9.17, 15) is 4.79 Å². The SMILES string of the molecule is CC1(C)Sc2ccccc2N(CC2CCNCC2)C1=O. The number of para-hydroxylation sites is 1. The average molecular weight is 290 g/mol. The molecule has 3 rings (SSSR count).